The molecular weight excluding hydrogens is 354 g/mol. The van der Waals surface area contributed by atoms with E-state index < -0.39 is 0 Å². The van der Waals surface area contributed by atoms with E-state index in [1.807, 2.05) is 54.3 Å². The lowest BCUT2D eigenvalue weighted by atomic mass is 10.1. The topological polar surface area (TPSA) is 67.3 Å². The molecule has 0 saturated carbocycles. The number of H-pyrrole nitrogens is 1. The largest absolute Gasteiger partial charge is 0.376 e. The van der Waals surface area contributed by atoms with E-state index in [9.17, 15) is 9.59 Å². The number of nitrogens with zero attached hydrogens (tertiary/aromatic N) is 2. The van der Waals surface area contributed by atoms with Gasteiger partial charge in [-0.1, -0.05) is 36.4 Å². The van der Waals surface area contributed by atoms with E-state index in [1.165, 1.54) is 4.68 Å². The van der Waals surface area contributed by atoms with Crippen molar-refractivity contribution in [1.29, 1.82) is 0 Å². The number of hydrogen-bond acceptors (Lipinski definition) is 3. The van der Waals surface area contributed by atoms with Crippen molar-refractivity contribution in [2.75, 3.05) is 13.2 Å². The summed E-state index contributed by atoms with van der Waals surface area (Å²) in [5.41, 5.74) is 2.83. The van der Waals surface area contributed by atoms with Gasteiger partial charge in [-0.05, 0) is 43.0 Å². The van der Waals surface area contributed by atoms with E-state index >= 15 is 0 Å². The van der Waals surface area contributed by atoms with Gasteiger partial charge in [0.15, 0.2) is 0 Å². The molecule has 6 heteroatoms. The van der Waals surface area contributed by atoms with Crippen molar-refractivity contribution in [3.05, 3.63) is 70.0 Å². The summed E-state index contributed by atoms with van der Waals surface area (Å²) in [4.78, 5) is 27.5. The number of carbonyl (C=O) groups excluding carboxylic acids is 1. The van der Waals surface area contributed by atoms with Crippen LogP contribution in [0.4, 0.5) is 0 Å². The van der Waals surface area contributed by atoms with E-state index in [2.05, 4.69) is 5.10 Å². The number of fused-ring (bicyclic) bond motifs is 1. The maximum Gasteiger partial charge on any atom is 0.274 e. The fourth-order valence-corrected chi connectivity index (χ4v) is 3.74. The number of aryl methyl sites for hydroxylation is 1. The van der Waals surface area contributed by atoms with E-state index in [1.54, 1.807) is 6.07 Å². The zero-order chi connectivity index (χ0) is 19.5. The molecular formula is C22H25N3O3. The van der Waals surface area contributed by atoms with Crippen LogP contribution in [0.2, 0.25) is 0 Å². The molecule has 1 N–H and O–H groups in total. The van der Waals surface area contributed by atoms with Crippen LogP contribution in [0.1, 0.15) is 24.0 Å². The fourth-order valence-electron chi connectivity index (χ4n) is 3.74. The lowest BCUT2D eigenvalue weighted by molar-refractivity contribution is -0.134. The van der Waals surface area contributed by atoms with E-state index in [0.29, 0.717) is 18.5 Å². The summed E-state index contributed by atoms with van der Waals surface area (Å²) in [6, 6.07) is 15.4. The molecule has 3 aromatic rings. The molecule has 1 aliphatic rings. The molecule has 1 aliphatic heterocycles. The molecule has 1 atom stereocenters. The highest BCUT2D eigenvalue weighted by molar-refractivity contribution is 5.79. The molecule has 28 heavy (non-hydrogen) atoms. The molecule has 0 radical (unpaired) electrons. The maximum absolute atomic E-state index is 13.1. The number of ether oxygens (including phenoxy) is 1. The predicted octanol–water partition coefficient (Wildman–Crippen LogP) is 2.85. The molecule has 0 aliphatic carbocycles. The third-order valence-corrected chi connectivity index (χ3v) is 5.37. The predicted molar refractivity (Wildman–Crippen MR) is 108 cm³/mol. The Balaban J connectivity index is 1.57. The molecule has 4 rings (SSSR count). The minimum absolute atomic E-state index is 0.00782. The monoisotopic (exact) mass is 379 g/mol. The number of aromatic amines is 1. The Morgan fingerprint density at radius 2 is 2.00 bits per heavy atom. The van der Waals surface area contributed by atoms with Crippen LogP contribution in [0.5, 0.6) is 0 Å². The Labute approximate surface area is 163 Å². The Kier molecular flexibility index (Phi) is 5.30. The first-order valence-electron chi connectivity index (χ1n) is 9.73. The summed E-state index contributed by atoms with van der Waals surface area (Å²) in [5, 5.41) is 3.64. The summed E-state index contributed by atoms with van der Waals surface area (Å²) < 4.78 is 7.15. The lowest BCUT2D eigenvalue weighted by Crippen LogP contribution is -2.40. The van der Waals surface area contributed by atoms with Crippen LogP contribution >= 0.6 is 0 Å². The van der Waals surface area contributed by atoms with Crippen LogP contribution in [0.15, 0.2) is 53.3 Å². The molecule has 1 fully saturated rings. The zero-order valence-corrected chi connectivity index (χ0v) is 16.1. The molecule has 1 amide bonds. The quantitative estimate of drug-likeness (QED) is 0.716. The molecule has 2 aromatic carbocycles. The van der Waals surface area contributed by atoms with Crippen LogP contribution < -0.4 is 5.56 Å². The molecule has 0 bridgehead atoms. The molecule has 1 unspecified atom stereocenters. The Morgan fingerprint density at radius 3 is 2.75 bits per heavy atom. The number of nitrogens with one attached hydrogen (secondary N) is 1. The highest BCUT2D eigenvalue weighted by Crippen LogP contribution is 2.17. The summed E-state index contributed by atoms with van der Waals surface area (Å²) in [7, 11) is 0. The molecule has 6 nitrogen and oxygen atoms in total. The SMILES string of the molecule is Cc1ccccc1CN(CC1CCCO1)C(=O)Cn1[nH]c2ccccc2c1=O. The highest BCUT2D eigenvalue weighted by Gasteiger charge is 2.24. The first-order chi connectivity index (χ1) is 13.6. The Hall–Kier alpha value is -2.86. The first kappa shape index (κ1) is 18.5. The minimum Gasteiger partial charge on any atom is -0.376 e. The van der Waals surface area contributed by atoms with Gasteiger partial charge in [0.25, 0.3) is 5.56 Å². The van der Waals surface area contributed by atoms with Crippen molar-refractivity contribution in [1.82, 2.24) is 14.7 Å². The van der Waals surface area contributed by atoms with Crippen molar-refractivity contribution in [2.24, 2.45) is 0 Å². The van der Waals surface area contributed by atoms with Gasteiger partial charge in [-0.25, -0.2) is 4.68 Å². The van der Waals surface area contributed by atoms with E-state index in [0.717, 1.165) is 36.1 Å². The summed E-state index contributed by atoms with van der Waals surface area (Å²) in [6.45, 7) is 3.85. The van der Waals surface area contributed by atoms with Crippen LogP contribution in [0.3, 0.4) is 0 Å². The third kappa shape index (κ3) is 3.87. The zero-order valence-electron chi connectivity index (χ0n) is 16.1. The van der Waals surface area contributed by atoms with Crippen LogP contribution in [-0.4, -0.2) is 39.8 Å². The normalized spacial score (nSPS) is 16.5. The maximum atomic E-state index is 13.1. The van der Waals surface area contributed by atoms with E-state index in [-0.39, 0.29) is 24.1 Å². The second kappa shape index (κ2) is 8.02. The first-order valence-corrected chi connectivity index (χ1v) is 9.73. The standard InChI is InChI=1S/C22H25N3O3/c1-16-7-2-3-8-17(16)13-24(14-18-9-6-12-28-18)21(26)15-25-22(27)19-10-4-5-11-20(19)23-25/h2-5,7-8,10-11,18,23H,6,9,12-15H2,1H3. The molecule has 146 valence electrons. The summed E-state index contributed by atoms with van der Waals surface area (Å²) >= 11 is 0. The van der Waals surface area contributed by atoms with Crippen molar-refractivity contribution >= 4 is 16.8 Å². The molecule has 0 spiro atoms. The van der Waals surface area contributed by atoms with Gasteiger partial charge in [-0.2, -0.15) is 0 Å². The number of para-hydroxylation sites is 1. The number of aromatic nitrogens is 2. The number of rotatable bonds is 6. The summed E-state index contributed by atoms with van der Waals surface area (Å²) in [5.74, 6) is -0.0904. The van der Waals surface area contributed by atoms with Crippen molar-refractivity contribution in [3.63, 3.8) is 0 Å². The van der Waals surface area contributed by atoms with Gasteiger partial charge in [0.1, 0.15) is 6.54 Å². The second-order valence-electron chi connectivity index (χ2n) is 7.38. The number of hydrogen-bond donors (Lipinski definition) is 1. The van der Waals surface area contributed by atoms with Gasteiger partial charge >= 0.3 is 0 Å². The third-order valence-electron chi connectivity index (χ3n) is 5.37. The van der Waals surface area contributed by atoms with Gasteiger partial charge in [0.2, 0.25) is 5.91 Å². The molecule has 2 heterocycles. The van der Waals surface area contributed by atoms with E-state index in [4.69, 9.17) is 4.74 Å². The van der Waals surface area contributed by atoms with Gasteiger partial charge < -0.3 is 9.64 Å². The minimum atomic E-state index is -0.170. The van der Waals surface area contributed by atoms with Gasteiger partial charge in [-0.15, -0.1) is 0 Å². The highest BCUT2D eigenvalue weighted by atomic mass is 16.5. The van der Waals surface area contributed by atoms with Crippen molar-refractivity contribution in [2.45, 2.75) is 39.0 Å². The van der Waals surface area contributed by atoms with Crippen LogP contribution in [-0.2, 0) is 22.6 Å². The number of benzene rings is 2. The average molecular weight is 379 g/mol. The second-order valence-corrected chi connectivity index (χ2v) is 7.38. The van der Waals surface area contributed by atoms with Gasteiger partial charge in [-0.3, -0.25) is 14.7 Å². The molecule has 1 aromatic heterocycles. The fraction of sp³-hybridized carbons (Fsp3) is 0.364. The van der Waals surface area contributed by atoms with Gasteiger partial charge in [0.05, 0.1) is 17.0 Å². The lowest BCUT2D eigenvalue weighted by Gasteiger charge is -2.26. The van der Waals surface area contributed by atoms with Crippen molar-refractivity contribution in [3.8, 4) is 0 Å². The average Bonchev–Trinajstić information content (AvgIpc) is 3.31. The van der Waals surface area contributed by atoms with Crippen molar-refractivity contribution < 1.29 is 9.53 Å². The Bertz CT molecular complexity index is 1030. The van der Waals surface area contributed by atoms with Crippen LogP contribution in [0.25, 0.3) is 10.9 Å². The van der Waals surface area contributed by atoms with Gasteiger partial charge in [0, 0.05) is 19.7 Å². The Morgan fingerprint density at radius 1 is 1.21 bits per heavy atom. The van der Waals surface area contributed by atoms with Crippen LogP contribution in [0, 0.1) is 6.92 Å². The summed E-state index contributed by atoms with van der Waals surface area (Å²) in [6.07, 6.45) is 2.05. The number of carbonyl (C=O) groups is 1. The number of amides is 1. The molecule has 1 saturated heterocycles. The smallest absolute Gasteiger partial charge is 0.274 e.